The Kier molecular flexibility index (Phi) is 5.32. The van der Waals surface area contributed by atoms with Gasteiger partial charge in [-0.2, -0.15) is 0 Å². The fourth-order valence-electron chi connectivity index (χ4n) is 7.52. The highest BCUT2D eigenvalue weighted by atomic mass is 16.2. The summed E-state index contributed by atoms with van der Waals surface area (Å²) in [6, 6.07) is 26.6. The fourth-order valence-corrected chi connectivity index (χ4v) is 7.52. The highest BCUT2D eigenvalue weighted by molar-refractivity contribution is 6.05. The van der Waals surface area contributed by atoms with E-state index in [4.69, 9.17) is 0 Å². The molecule has 1 aliphatic heterocycles. The molecule has 38 heavy (non-hydrogen) atoms. The second-order valence-electron chi connectivity index (χ2n) is 11.2. The summed E-state index contributed by atoms with van der Waals surface area (Å²) in [5.41, 5.74) is 5.89. The molecule has 2 saturated carbocycles. The van der Waals surface area contributed by atoms with E-state index in [2.05, 4.69) is 53.1 Å². The molecule has 6 nitrogen and oxygen atoms in total. The van der Waals surface area contributed by atoms with E-state index in [0.717, 1.165) is 17.3 Å². The number of hydrogen-bond acceptors (Lipinski definition) is 3. The second kappa shape index (κ2) is 8.76. The molecule has 0 unspecified atom stereocenters. The lowest BCUT2D eigenvalue weighted by Gasteiger charge is -2.43. The first-order valence-electron chi connectivity index (χ1n) is 13.6. The SMILES string of the molecule is Cc1c(NC(=O)c2ccc3c(c2)[C@@H]2[C@H]4CC[C@@H](C4)[C@H]2[C@@H](c2ccccc2)N3)c(=O)n(-c2ccccc2)n1C. The zero-order valence-corrected chi connectivity index (χ0v) is 21.7. The zero-order valence-electron chi connectivity index (χ0n) is 21.7. The largest absolute Gasteiger partial charge is 0.378 e. The fraction of sp³-hybridized carbons (Fsp3) is 0.312. The third-order valence-electron chi connectivity index (χ3n) is 9.30. The maximum absolute atomic E-state index is 13.5. The first-order valence-corrected chi connectivity index (χ1v) is 13.6. The van der Waals surface area contributed by atoms with Gasteiger partial charge >= 0.3 is 0 Å². The van der Waals surface area contributed by atoms with Crippen molar-refractivity contribution in [3.05, 3.63) is 112 Å². The van der Waals surface area contributed by atoms with Gasteiger partial charge in [-0.05, 0) is 91.3 Å². The Labute approximate surface area is 222 Å². The Morgan fingerprint density at radius 1 is 0.947 bits per heavy atom. The van der Waals surface area contributed by atoms with Crippen LogP contribution in [0.5, 0.6) is 0 Å². The molecule has 1 amide bonds. The summed E-state index contributed by atoms with van der Waals surface area (Å²) in [5, 5.41) is 6.79. The lowest BCUT2D eigenvalue weighted by Crippen LogP contribution is -2.35. The maximum atomic E-state index is 13.5. The van der Waals surface area contributed by atoms with Gasteiger partial charge in [-0.3, -0.25) is 14.3 Å². The summed E-state index contributed by atoms with van der Waals surface area (Å²) in [4.78, 5) is 26.8. The molecule has 1 aromatic heterocycles. The topological polar surface area (TPSA) is 68.1 Å². The van der Waals surface area contributed by atoms with Crippen molar-refractivity contribution in [1.29, 1.82) is 0 Å². The van der Waals surface area contributed by atoms with Crippen molar-refractivity contribution in [2.45, 2.75) is 38.1 Å². The van der Waals surface area contributed by atoms with Gasteiger partial charge in [0.1, 0.15) is 5.69 Å². The molecule has 0 spiro atoms. The number of nitrogens with one attached hydrogen (secondary N) is 2. The Morgan fingerprint density at radius 3 is 2.42 bits per heavy atom. The summed E-state index contributed by atoms with van der Waals surface area (Å²) in [7, 11) is 1.84. The van der Waals surface area contributed by atoms with E-state index in [0.29, 0.717) is 40.7 Å². The Hall–Kier alpha value is -4.06. The predicted molar refractivity (Wildman–Crippen MR) is 150 cm³/mol. The van der Waals surface area contributed by atoms with Crippen molar-refractivity contribution < 1.29 is 4.79 Å². The molecule has 0 saturated heterocycles. The number of hydrogen-bond donors (Lipinski definition) is 2. The monoisotopic (exact) mass is 504 g/mol. The van der Waals surface area contributed by atoms with Crippen LogP contribution >= 0.6 is 0 Å². The number of anilines is 2. The predicted octanol–water partition coefficient (Wildman–Crippen LogP) is 6.03. The molecular weight excluding hydrogens is 472 g/mol. The molecule has 5 atom stereocenters. The van der Waals surface area contributed by atoms with Crippen LogP contribution in [0.15, 0.2) is 83.7 Å². The van der Waals surface area contributed by atoms with Crippen LogP contribution in [0, 0.1) is 24.7 Å². The van der Waals surface area contributed by atoms with E-state index in [1.165, 1.54) is 30.4 Å². The average molecular weight is 505 g/mol. The normalized spacial score (nSPS) is 24.9. The summed E-state index contributed by atoms with van der Waals surface area (Å²) in [5.74, 6) is 2.14. The summed E-state index contributed by atoms with van der Waals surface area (Å²) >= 11 is 0. The van der Waals surface area contributed by atoms with Crippen LogP contribution in [0.4, 0.5) is 11.4 Å². The quantitative estimate of drug-likeness (QED) is 0.356. The minimum atomic E-state index is -0.247. The van der Waals surface area contributed by atoms with Gasteiger partial charge < -0.3 is 10.6 Å². The van der Waals surface area contributed by atoms with Crippen LogP contribution in [-0.4, -0.2) is 15.3 Å². The minimum absolute atomic E-state index is 0.233. The van der Waals surface area contributed by atoms with Gasteiger partial charge in [-0.15, -0.1) is 0 Å². The van der Waals surface area contributed by atoms with Gasteiger partial charge in [0.2, 0.25) is 0 Å². The highest BCUT2D eigenvalue weighted by Crippen LogP contribution is 2.63. The number of carbonyl (C=O) groups is 1. The number of carbonyl (C=O) groups excluding carboxylic acids is 1. The minimum Gasteiger partial charge on any atom is -0.378 e. The number of para-hydroxylation sites is 1. The molecule has 3 aliphatic rings. The van der Waals surface area contributed by atoms with Crippen LogP contribution in [0.1, 0.15) is 58.4 Å². The molecule has 2 N–H and O–H groups in total. The first kappa shape index (κ1) is 23.1. The summed E-state index contributed by atoms with van der Waals surface area (Å²) < 4.78 is 3.37. The van der Waals surface area contributed by atoms with E-state index in [1.807, 2.05) is 50.4 Å². The standard InChI is InChI=1S/C32H32N4O2/c1-19-29(32(38)36(35(19)2)24-11-7-4-8-12-24)34-31(37)23-15-16-26-25(18-23)27-21-13-14-22(17-21)28(27)30(33-26)20-9-5-3-6-10-20/h3-12,15-16,18,21-22,27-28,30,33H,13-14,17H2,1-2H3,(H,34,37)/t21-,22-,27-,28+,30+/m0/s1. The van der Waals surface area contributed by atoms with Crippen LogP contribution in [0.3, 0.4) is 0 Å². The molecule has 192 valence electrons. The summed E-state index contributed by atoms with van der Waals surface area (Å²) in [6.45, 7) is 1.86. The number of amides is 1. The molecular formula is C32H32N4O2. The van der Waals surface area contributed by atoms with Crippen molar-refractivity contribution in [2.75, 3.05) is 10.6 Å². The van der Waals surface area contributed by atoms with Crippen molar-refractivity contribution in [3.8, 4) is 5.69 Å². The lowest BCUT2D eigenvalue weighted by atomic mass is 9.68. The second-order valence-corrected chi connectivity index (χ2v) is 11.2. The molecule has 7 rings (SSSR count). The molecule has 2 aliphatic carbocycles. The lowest BCUT2D eigenvalue weighted by molar-refractivity contribution is 0.102. The Bertz CT molecular complexity index is 1590. The number of rotatable bonds is 4. The van der Waals surface area contributed by atoms with Crippen molar-refractivity contribution >= 4 is 17.3 Å². The van der Waals surface area contributed by atoms with Crippen molar-refractivity contribution in [3.63, 3.8) is 0 Å². The number of fused-ring (bicyclic) bond motifs is 7. The van der Waals surface area contributed by atoms with E-state index < -0.39 is 0 Å². The number of benzene rings is 3. The van der Waals surface area contributed by atoms with Gasteiger partial charge in [-0.1, -0.05) is 48.5 Å². The molecule has 0 radical (unpaired) electrons. The Morgan fingerprint density at radius 2 is 1.66 bits per heavy atom. The van der Waals surface area contributed by atoms with E-state index in [9.17, 15) is 9.59 Å². The van der Waals surface area contributed by atoms with Gasteiger partial charge in [0.25, 0.3) is 11.5 Å². The Balaban J connectivity index is 1.22. The van der Waals surface area contributed by atoms with Crippen molar-refractivity contribution in [2.24, 2.45) is 24.8 Å². The molecule has 2 fully saturated rings. The van der Waals surface area contributed by atoms with Gasteiger partial charge in [-0.25, -0.2) is 4.68 Å². The van der Waals surface area contributed by atoms with Crippen LogP contribution < -0.4 is 16.2 Å². The third kappa shape index (κ3) is 3.46. The number of nitrogens with zero attached hydrogens (tertiary/aromatic N) is 2. The van der Waals surface area contributed by atoms with Gasteiger partial charge in [0.15, 0.2) is 0 Å². The maximum Gasteiger partial charge on any atom is 0.295 e. The van der Waals surface area contributed by atoms with Crippen LogP contribution in [0.2, 0.25) is 0 Å². The van der Waals surface area contributed by atoms with E-state index in [1.54, 1.807) is 9.36 Å². The molecule has 6 heteroatoms. The van der Waals surface area contributed by atoms with Crippen LogP contribution in [0.25, 0.3) is 5.69 Å². The summed E-state index contributed by atoms with van der Waals surface area (Å²) in [6.07, 6.45) is 3.84. The third-order valence-corrected chi connectivity index (χ3v) is 9.30. The van der Waals surface area contributed by atoms with E-state index >= 15 is 0 Å². The first-order chi connectivity index (χ1) is 18.5. The van der Waals surface area contributed by atoms with E-state index in [-0.39, 0.29) is 11.5 Å². The highest BCUT2D eigenvalue weighted by Gasteiger charge is 2.53. The number of aromatic nitrogens is 2. The van der Waals surface area contributed by atoms with Gasteiger partial charge in [0.05, 0.1) is 17.4 Å². The smallest absolute Gasteiger partial charge is 0.295 e. The molecule has 2 bridgehead atoms. The molecule has 4 aromatic rings. The van der Waals surface area contributed by atoms with Crippen molar-refractivity contribution in [1.82, 2.24) is 9.36 Å². The molecule has 2 heterocycles. The zero-order chi connectivity index (χ0) is 26.0. The average Bonchev–Trinajstić information content (AvgIpc) is 3.63. The van der Waals surface area contributed by atoms with Crippen LogP contribution in [-0.2, 0) is 7.05 Å². The molecule has 3 aromatic carbocycles. The van der Waals surface area contributed by atoms with Gasteiger partial charge in [0, 0.05) is 18.3 Å².